The minimum atomic E-state index is -0.710. The second-order valence-corrected chi connectivity index (χ2v) is 3.34. The number of rotatable bonds is 3. The van der Waals surface area contributed by atoms with E-state index < -0.39 is 12.7 Å². The van der Waals surface area contributed by atoms with Crippen molar-refractivity contribution in [1.82, 2.24) is 0 Å². The van der Waals surface area contributed by atoms with E-state index in [1.165, 1.54) is 0 Å². The van der Waals surface area contributed by atoms with E-state index in [0.29, 0.717) is 5.56 Å². The van der Waals surface area contributed by atoms with Crippen molar-refractivity contribution in [3.8, 4) is 0 Å². The summed E-state index contributed by atoms with van der Waals surface area (Å²) in [5, 5.41) is 3.33. The van der Waals surface area contributed by atoms with E-state index in [0.717, 1.165) is 4.47 Å². The van der Waals surface area contributed by atoms with E-state index in [-0.39, 0.29) is 0 Å². The normalized spacial score (nSPS) is 11.8. The molecule has 0 aliphatic heterocycles. The van der Waals surface area contributed by atoms with Gasteiger partial charge in [-0.2, -0.15) is 0 Å². The van der Waals surface area contributed by atoms with Crippen molar-refractivity contribution in [2.45, 2.75) is 6.04 Å². The van der Waals surface area contributed by atoms with Crippen molar-refractivity contribution in [3.63, 3.8) is 0 Å². The maximum Gasteiger partial charge on any atom is 0.102 e. The van der Waals surface area contributed by atoms with Gasteiger partial charge < -0.3 is 0 Å². The molecule has 0 saturated heterocycles. The summed E-state index contributed by atoms with van der Waals surface area (Å²) in [6, 6.07) is 6.31. The molecular formula is C8H7BrFN3. The zero-order valence-electron chi connectivity index (χ0n) is 6.69. The van der Waals surface area contributed by atoms with E-state index >= 15 is 0 Å². The average molecular weight is 244 g/mol. The van der Waals surface area contributed by atoms with Gasteiger partial charge in [-0.1, -0.05) is 33.2 Å². The summed E-state index contributed by atoms with van der Waals surface area (Å²) in [4.78, 5) is 2.58. The number of hydrogen-bond donors (Lipinski definition) is 0. The molecule has 1 rings (SSSR count). The first-order chi connectivity index (χ1) is 6.27. The van der Waals surface area contributed by atoms with E-state index in [1.807, 2.05) is 0 Å². The highest BCUT2D eigenvalue weighted by atomic mass is 79.9. The molecule has 3 nitrogen and oxygen atoms in total. The predicted molar refractivity (Wildman–Crippen MR) is 52.0 cm³/mol. The molecule has 0 heterocycles. The molecule has 1 aromatic rings. The number of halogens is 2. The van der Waals surface area contributed by atoms with Crippen LogP contribution in [0.5, 0.6) is 0 Å². The first kappa shape index (κ1) is 10.0. The van der Waals surface area contributed by atoms with Crippen molar-refractivity contribution in [3.05, 3.63) is 44.7 Å². The van der Waals surface area contributed by atoms with Crippen LogP contribution < -0.4 is 0 Å². The van der Waals surface area contributed by atoms with Crippen LogP contribution in [0.25, 0.3) is 10.4 Å². The van der Waals surface area contributed by atoms with Gasteiger partial charge in [0.2, 0.25) is 0 Å². The number of benzene rings is 1. The van der Waals surface area contributed by atoms with Gasteiger partial charge in [-0.05, 0) is 23.2 Å². The molecule has 0 N–H and O–H groups in total. The summed E-state index contributed by atoms with van der Waals surface area (Å²) in [6.45, 7) is -0.675. The number of nitrogens with zero attached hydrogens (tertiary/aromatic N) is 3. The highest BCUT2D eigenvalue weighted by molar-refractivity contribution is 9.10. The third kappa shape index (κ3) is 2.72. The van der Waals surface area contributed by atoms with Gasteiger partial charge in [-0.25, -0.2) is 0 Å². The Hall–Kier alpha value is -1.06. The summed E-state index contributed by atoms with van der Waals surface area (Å²) in [5.41, 5.74) is 8.85. The summed E-state index contributed by atoms with van der Waals surface area (Å²) in [6.07, 6.45) is 0. The van der Waals surface area contributed by atoms with Crippen LogP contribution in [0.15, 0.2) is 33.9 Å². The molecule has 1 atom stereocenters. The zero-order valence-corrected chi connectivity index (χ0v) is 8.28. The average Bonchev–Trinajstić information content (AvgIpc) is 2.16. The topological polar surface area (TPSA) is 48.8 Å². The maximum atomic E-state index is 12.4. The smallest absolute Gasteiger partial charge is 0.102 e. The minimum absolute atomic E-state index is 0.675. The lowest BCUT2D eigenvalue weighted by atomic mass is 10.1. The molecule has 68 valence electrons. The van der Waals surface area contributed by atoms with Gasteiger partial charge in [0, 0.05) is 9.38 Å². The van der Waals surface area contributed by atoms with Crippen LogP contribution in [0.3, 0.4) is 0 Å². The number of hydrogen-bond acceptors (Lipinski definition) is 1. The SMILES string of the molecule is [N-]=[N+]=NC(CF)c1ccc(Br)cc1. The maximum absolute atomic E-state index is 12.4. The van der Waals surface area contributed by atoms with Crippen molar-refractivity contribution < 1.29 is 4.39 Å². The molecule has 0 saturated carbocycles. The van der Waals surface area contributed by atoms with Crippen LogP contribution in [0.2, 0.25) is 0 Å². The third-order valence-electron chi connectivity index (χ3n) is 1.59. The molecule has 0 aliphatic rings. The fourth-order valence-corrected chi connectivity index (χ4v) is 1.20. The lowest BCUT2D eigenvalue weighted by molar-refractivity contribution is 0.436. The van der Waals surface area contributed by atoms with Crippen molar-refractivity contribution in [2.24, 2.45) is 5.11 Å². The Balaban J connectivity index is 2.91. The second kappa shape index (κ2) is 4.84. The van der Waals surface area contributed by atoms with Crippen LogP contribution in [0.1, 0.15) is 11.6 Å². The van der Waals surface area contributed by atoms with Crippen LogP contribution in [-0.2, 0) is 0 Å². The second-order valence-electron chi connectivity index (χ2n) is 2.43. The van der Waals surface area contributed by atoms with E-state index in [2.05, 4.69) is 26.0 Å². The Morgan fingerprint density at radius 2 is 2.08 bits per heavy atom. The highest BCUT2D eigenvalue weighted by Crippen LogP contribution is 2.20. The van der Waals surface area contributed by atoms with E-state index in [9.17, 15) is 4.39 Å². The summed E-state index contributed by atoms with van der Waals surface area (Å²) in [7, 11) is 0. The van der Waals surface area contributed by atoms with Gasteiger partial charge in [0.15, 0.2) is 0 Å². The summed E-state index contributed by atoms with van der Waals surface area (Å²) >= 11 is 3.26. The van der Waals surface area contributed by atoms with E-state index in [1.54, 1.807) is 24.3 Å². The molecule has 13 heavy (non-hydrogen) atoms. The number of azide groups is 1. The first-order valence-electron chi connectivity index (χ1n) is 3.63. The fraction of sp³-hybridized carbons (Fsp3) is 0.250. The van der Waals surface area contributed by atoms with Crippen LogP contribution >= 0.6 is 15.9 Å². The first-order valence-corrected chi connectivity index (χ1v) is 4.43. The van der Waals surface area contributed by atoms with Crippen LogP contribution in [0.4, 0.5) is 4.39 Å². The molecular weight excluding hydrogens is 237 g/mol. The summed E-state index contributed by atoms with van der Waals surface area (Å²) in [5.74, 6) is 0. The molecule has 1 aromatic carbocycles. The molecule has 0 aromatic heterocycles. The molecule has 0 bridgehead atoms. The molecule has 0 amide bonds. The molecule has 0 fully saturated rings. The van der Waals surface area contributed by atoms with Crippen LogP contribution in [-0.4, -0.2) is 6.67 Å². The monoisotopic (exact) mass is 243 g/mol. The van der Waals surface area contributed by atoms with E-state index in [4.69, 9.17) is 5.53 Å². The van der Waals surface area contributed by atoms with Gasteiger partial charge in [-0.15, -0.1) is 0 Å². The standard InChI is InChI=1S/C8H7BrFN3/c9-7-3-1-6(2-4-7)8(5-10)12-13-11/h1-4,8H,5H2. The summed E-state index contributed by atoms with van der Waals surface area (Å²) < 4.78 is 13.3. The predicted octanol–water partition coefficient (Wildman–Crippen LogP) is 3.77. The quantitative estimate of drug-likeness (QED) is 0.441. The molecule has 5 heteroatoms. The van der Waals surface area contributed by atoms with Gasteiger partial charge in [0.05, 0.1) is 6.04 Å². The Labute approximate surface area is 83.3 Å². The third-order valence-corrected chi connectivity index (χ3v) is 2.12. The van der Waals surface area contributed by atoms with Crippen molar-refractivity contribution >= 4 is 15.9 Å². The van der Waals surface area contributed by atoms with Crippen molar-refractivity contribution in [2.75, 3.05) is 6.67 Å². The largest absolute Gasteiger partial charge is 0.250 e. The number of alkyl halides is 1. The molecule has 0 aliphatic carbocycles. The molecule has 1 unspecified atom stereocenters. The van der Waals surface area contributed by atoms with Crippen LogP contribution in [0, 0.1) is 0 Å². The molecule has 0 radical (unpaired) electrons. The van der Waals surface area contributed by atoms with Gasteiger partial charge in [0.25, 0.3) is 0 Å². The Morgan fingerprint density at radius 1 is 1.46 bits per heavy atom. The Bertz CT molecular complexity index is 319. The Kier molecular flexibility index (Phi) is 3.73. The lowest BCUT2D eigenvalue weighted by Crippen LogP contribution is -1.95. The van der Waals surface area contributed by atoms with Gasteiger partial charge in [-0.3, -0.25) is 4.39 Å². The minimum Gasteiger partial charge on any atom is -0.250 e. The molecule has 0 spiro atoms. The fourth-order valence-electron chi connectivity index (χ4n) is 0.934. The highest BCUT2D eigenvalue weighted by Gasteiger charge is 2.07. The van der Waals surface area contributed by atoms with Gasteiger partial charge >= 0.3 is 0 Å². The van der Waals surface area contributed by atoms with Gasteiger partial charge in [0.1, 0.15) is 6.67 Å². The zero-order chi connectivity index (χ0) is 9.68. The van der Waals surface area contributed by atoms with Crippen molar-refractivity contribution in [1.29, 1.82) is 0 Å². The Morgan fingerprint density at radius 3 is 2.54 bits per heavy atom. The lowest BCUT2D eigenvalue weighted by Gasteiger charge is -2.05.